The van der Waals surface area contributed by atoms with Crippen molar-refractivity contribution in [3.63, 3.8) is 0 Å². The van der Waals surface area contributed by atoms with Gasteiger partial charge in [-0.15, -0.1) is 0 Å². The molecule has 0 aliphatic carbocycles. The predicted molar refractivity (Wildman–Crippen MR) is 64.2 cm³/mol. The zero-order valence-corrected chi connectivity index (χ0v) is 10.7. The van der Waals surface area contributed by atoms with Gasteiger partial charge in [0.25, 0.3) is 0 Å². The summed E-state index contributed by atoms with van der Waals surface area (Å²) in [5.41, 5.74) is -0.449. The summed E-state index contributed by atoms with van der Waals surface area (Å²) in [4.78, 5) is 11.9. The van der Waals surface area contributed by atoms with E-state index < -0.39 is 5.41 Å². The highest BCUT2D eigenvalue weighted by Crippen LogP contribution is 2.27. The second-order valence-corrected chi connectivity index (χ2v) is 4.24. The first-order valence-electron chi connectivity index (χ1n) is 6.07. The van der Waals surface area contributed by atoms with Crippen LogP contribution in [0.1, 0.15) is 40.0 Å². The number of aliphatic hydroxyl groups excluding tert-OH is 1. The first-order valence-corrected chi connectivity index (χ1v) is 6.07. The maximum absolute atomic E-state index is 11.9. The number of amides is 1. The Bertz CT molecular complexity index is 189. The molecule has 0 aliphatic heterocycles. The molecule has 0 spiro atoms. The third-order valence-corrected chi connectivity index (χ3v) is 2.75. The summed E-state index contributed by atoms with van der Waals surface area (Å²) >= 11 is 0. The van der Waals surface area contributed by atoms with Gasteiger partial charge in [-0.2, -0.15) is 0 Å². The van der Waals surface area contributed by atoms with E-state index in [2.05, 4.69) is 5.32 Å². The Labute approximate surface area is 98.4 Å². The first kappa shape index (κ1) is 15.4. The molecule has 1 atom stereocenters. The summed E-state index contributed by atoms with van der Waals surface area (Å²) < 4.78 is 5.15. The quantitative estimate of drug-likeness (QED) is 0.589. The van der Waals surface area contributed by atoms with E-state index in [0.717, 1.165) is 12.8 Å². The van der Waals surface area contributed by atoms with Crippen LogP contribution in [0.3, 0.4) is 0 Å². The lowest BCUT2D eigenvalue weighted by Gasteiger charge is -2.27. The number of carbonyl (C=O) groups excluding carboxylic acids is 1. The van der Waals surface area contributed by atoms with Crippen LogP contribution in [0.2, 0.25) is 0 Å². The van der Waals surface area contributed by atoms with E-state index >= 15 is 0 Å². The molecule has 4 nitrogen and oxygen atoms in total. The van der Waals surface area contributed by atoms with Crippen molar-refractivity contribution >= 4 is 5.91 Å². The van der Waals surface area contributed by atoms with Crippen molar-refractivity contribution in [3.05, 3.63) is 0 Å². The second-order valence-electron chi connectivity index (χ2n) is 4.24. The highest BCUT2D eigenvalue weighted by Gasteiger charge is 2.31. The van der Waals surface area contributed by atoms with E-state index in [1.54, 1.807) is 0 Å². The molecule has 0 heterocycles. The molecule has 0 aromatic heterocycles. The van der Waals surface area contributed by atoms with Crippen LogP contribution in [0, 0.1) is 5.41 Å². The van der Waals surface area contributed by atoms with Crippen LogP contribution in [0.5, 0.6) is 0 Å². The SMILES string of the molecule is CCCC(C)(CCO)C(=O)NCCOCC. The topological polar surface area (TPSA) is 58.6 Å². The van der Waals surface area contributed by atoms with Crippen molar-refractivity contribution in [2.45, 2.75) is 40.0 Å². The molecule has 0 saturated heterocycles. The largest absolute Gasteiger partial charge is 0.396 e. The van der Waals surface area contributed by atoms with E-state index in [4.69, 9.17) is 9.84 Å². The minimum absolute atomic E-state index is 0.0168. The third kappa shape index (κ3) is 5.47. The van der Waals surface area contributed by atoms with Crippen LogP contribution in [-0.2, 0) is 9.53 Å². The number of hydrogen-bond donors (Lipinski definition) is 2. The number of rotatable bonds is 9. The molecule has 96 valence electrons. The molecule has 0 saturated carbocycles. The van der Waals surface area contributed by atoms with Crippen molar-refractivity contribution in [2.24, 2.45) is 5.41 Å². The van der Waals surface area contributed by atoms with Gasteiger partial charge in [-0.25, -0.2) is 0 Å². The van der Waals surface area contributed by atoms with E-state index in [1.807, 2.05) is 20.8 Å². The summed E-state index contributed by atoms with van der Waals surface area (Å²) in [6.07, 6.45) is 2.25. The summed E-state index contributed by atoms with van der Waals surface area (Å²) in [6.45, 7) is 7.68. The predicted octanol–water partition coefficient (Wildman–Crippen LogP) is 1.33. The highest BCUT2D eigenvalue weighted by molar-refractivity contribution is 5.82. The number of hydrogen-bond acceptors (Lipinski definition) is 3. The van der Waals surface area contributed by atoms with E-state index in [0.29, 0.717) is 26.2 Å². The molecule has 16 heavy (non-hydrogen) atoms. The Morgan fingerprint density at radius 2 is 2.06 bits per heavy atom. The van der Waals surface area contributed by atoms with Gasteiger partial charge < -0.3 is 15.2 Å². The zero-order valence-electron chi connectivity index (χ0n) is 10.7. The van der Waals surface area contributed by atoms with Gasteiger partial charge in [0.15, 0.2) is 0 Å². The number of carbonyl (C=O) groups is 1. The Kier molecular flexibility index (Phi) is 8.21. The van der Waals surface area contributed by atoms with Crippen LogP contribution in [0.4, 0.5) is 0 Å². The fourth-order valence-electron chi connectivity index (χ4n) is 1.75. The average molecular weight is 231 g/mol. The molecule has 1 unspecified atom stereocenters. The van der Waals surface area contributed by atoms with Gasteiger partial charge >= 0.3 is 0 Å². The van der Waals surface area contributed by atoms with Gasteiger partial charge in [0.1, 0.15) is 0 Å². The molecule has 2 N–H and O–H groups in total. The monoisotopic (exact) mass is 231 g/mol. The first-order chi connectivity index (χ1) is 7.60. The fraction of sp³-hybridized carbons (Fsp3) is 0.917. The van der Waals surface area contributed by atoms with E-state index in [9.17, 15) is 4.79 Å². The standard InChI is InChI=1S/C12H25NO3/c1-4-6-12(3,7-9-14)11(15)13-8-10-16-5-2/h14H,4-10H2,1-3H3,(H,13,15). The van der Waals surface area contributed by atoms with Crippen molar-refractivity contribution in [1.82, 2.24) is 5.32 Å². The maximum atomic E-state index is 11.9. The molecule has 1 amide bonds. The van der Waals surface area contributed by atoms with Crippen LogP contribution in [-0.4, -0.2) is 37.4 Å². The Balaban J connectivity index is 4.06. The molecular weight excluding hydrogens is 206 g/mol. The van der Waals surface area contributed by atoms with Crippen molar-refractivity contribution in [3.8, 4) is 0 Å². The van der Waals surface area contributed by atoms with Gasteiger partial charge in [-0.3, -0.25) is 4.79 Å². The van der Waals surface area contributed by atoms with Gasteiger partial charge in [0.05, 0.1) is 6.61 Å². The second kappa shape index (κ2) is 8.53. The molecule has 0 radical (unpaired) electrons. The molecule has 0 bridgehead atoms. The number of ether oxygens (including phenoxy) is 1. The smallest absolute Gasteiger partial charge is 0.226 e. The lowest BCUT2D eigenvalue weighted by Crippen LogP contribution is -2.41. The lowest BCUT2D eigenvalue weighted by atomic mass is 9.81. The van der Waals surface area contributed by atoms with E-state index in [-0.39, 0.29) is 12.5 Å². The molecule has 0 aromatic rings. The number of nitrogens with one attached hydrogen (secondary N) is 1. The van der Waals surface area contributed by atoms with Gasteiger partial charge in [0, 0.05) is 25.2 Å². The van der Waals surface area contributed by atoms with Crippen molar-refractivity contribution in [2.75, 3.05) is 26.4 Å². The maximum Gasteiger partial charge on any atom is 0.226 e. The summed E-state index contributed by atoms with van der Waals surface area (Å²) in [5.74, 6) is 0.0168. The zero-order chi connectivity index (χ0) is 12.4. The molecule has 0 aromatic carbocycles. The molecule has 0 fully saturated rings. The van der Waals surface area contributed by atoms with E-state index in [1.165, 1.54) is 0 Å². The summed E-state index contributed by atoms with van der Waals surface area (Å²) in [7, 11) is 0. The van der Waals surface area contributed by atoms with Crippen LogP contribution < -0.4 is 5.32 Å². The molecule has 4 heteroatoms. The summed E-state index contributed by atoms with van der Waals surface area (Å²) in [6, 6.07) is 0. The van der Waals surface area contributed by atoms with Crippen LogP contribution in [0.25, 0.3) is 0 Å². The molecule has 0 aliphatic rings. The Hall–Kier alpha value is -0.610. The third-order valence-electron chi connectivity index (χ3n) is 2.75. The van der Waals surface area contributed by atoms with Crippen molar-refractivity contribution in [1.29, 1.82) is 0 Å². The minimum Gasteiger partial charge on any atom is -0.396 e. The van der Waals surface area contributed by atoms with Crippen LogP contribution >= 0.6 is 0 Å². The van der Waals surface area contributed by atoms with Gasteiger partial charge in [0.2, 0.25) is 5.91 Å². The van der Waals surface area contributed by atoms with Gasteiger partial charge in [-0.05, 0) is 19.8 Å². The number of aliphatic hydroxyl groups is 1. The fourth-order valence-corrected chi connectivity index (χ4v) is 1.75. The van der Waals surface area contributed by atoms with Gasteiger partial charge in [-0.1, -0.05) is 20.3 Å². The molecular formula is C12H25NO3. The summed E-state index contributed by atoms with van der Waals surface area (Å²) in [5, 5.41) is 11.8. The normalized spacial score (nSPS) is 14.5. The average Bonchev–Trinajstić information content (AvgIpc) is 2.24. The molecule has 0 rings (SSSR count). The van der Waals surface area contributed by atoms with Crippen molar-refractivity contribution < 1.29 is 14.6 Å². The van der Waals surface area contributed by atoms with Crippen LogP contribution in [0.15, 0.2) is 0 Å². The Morgan fingerprint density at radius 3 is 2.56 bits per heavy atom. The lowest BCUT2D eigenvalue weighted by molar-refractivity contribution is -0.131. The highest BCUT2D eigenvalue weighted by atomic mass is 16.5. The minimum atomic E-state index is -0.449. The Morgan fingerprint density at radius 1 is 1.38 bits per heavy atom.